The van der Waals surface area contributed by atoms with Gasteiger partial charge in [-0.1, -0.05) is 46.1 Å². The first-order chi connectivity index (χ1) is 9.43. The van der Waals surface area contributed by atoms with E-state index in [0.29, 0.717) is 5.95 Å². The number of unbranched alkanes of at least 4 members (excludes halogenated alkanes) is 2. The molecule has 2 rings (SSSR count). The maximum Gasteiger partial charge on any atom is 0.201 e. The number of nitrogens with two attached hydrogens (primary N) is 1. The van der Waals surface area contributed by atoms with Gasteiger partial charge >= 0.3 is 0 Å². The van der Waals surface area contributed by atoms with Crippen LogP contribution >= 0.6 is 0 Å². The number of hydrogen-bond acceptors (Lipinski definition) is 2. The van der Waals surface area contributed by atoms with Gasteiger partial charge in [-0.3, -0.25) is 0 Å². The van der Waals surface area contributed by atoms with Crippen LogP contribution in [0.3, 0.4) is 0 Å². The Hall–Kier alpha value is -1.51. The molecule has 3 heteroatoms. The summed E-state index contributed by atoms with van der Waals surface area (Å²) in [6.07, 6.45) is 5.09. The maximum absolute atomic E-state index is 6.12. The lowest BCUT2D eigenvalue weighted by molar-refractivity contribution is 0.276. The van der Waals surface area contributed by atoms with E-state index in [0.717, 1.165) is 17.6 Å². The Morgan fingerprint density at radius 2 is 2.00 bits per heavy atom. The molecule has 110 valence electrons. The molecular formula is C17H27N3. The lowest BCUT2D eigenvalue weighted by Crippen LogP contribution is -2.20. The van der Waals surface area contributed by atoms with E-state index in [1.54, 1.807) is 0 Å². The molecule has 0 aliphatic carbocycles. The van der Waals surface area contributed by atoms with Crippen molar-refractivity contribution in [1.29, 1.82) is 0 Å². The summed E-state index contributed by atoms with van der Waals surface area (Å²) in [5, 5.41) is 0. The molecule has 0 aliphatic rings. The number of imidazole rings is 1. The second kappa shape index (κ2) is 5.86. The zero-order valence-corrected chi connectivity index (χ0v) is 13.2. The third kappa shape index (κ3) is 3.33. The van der Waals surface area contributed by atoms with Gasteiger partial charge in [-0.05, 0) is 36.5 Å². The van der Waals surface area contributed by atoms with Gasteiger partial charge in [0.25, 0.3) is 0 Å². The van der Waals surface area contributed by atoms with Crippen LogP contribution in [0.25, 0.3) is 11.0 Å². The van der Waals surface area contributed by atoms with E-state index in [9.17, 15) is 0 Å². The summed E-state index contributed by atoms with van der Waals surface area (Å²) in [5.41, 5.74) is 9.75. The fourth-order valence-electron chi connectivity index (χ4n) is 2.79. The zero-order chi connectivity index (χ0) is 14.8. The molecule has 20 heavy (non-hydrogen) atoms. The monoisotopic (exact) mass is 273 g/mol. The van der Waals surface area contributed by atoms with Crippen molar-refractivity contribution in [3.8, 4) is 0 Å². The predicted molar refractivity (Wildman–Crippen MR) is 86.8 cm³/mol. The molecule has 0 spiro atoms. The van der Waals surface area contributed by atoms with Crippen LogP contribution in [0, 0.1) is 12.3 Å². The summed E-state index contributed by atoms with van der Waals surface area (Å²) < 4.78 is 2.17. The van der Waals surface area contributed by atoms with Crippen LogP contribution in [-0.2, 0) is 6.54 Å². The molecule has 0 fully saturated rings. The van der Waals surface area contributed by atoms with Gasteiger partial charge in [0.2, 0.25) is 5.95 Å². The number of rotatable bonds is 6. The number of nitrogen functional groups attached to an aromatic ring is 1. The van der Waals surface area contributed by atoms with Crippen LogP contribution in [0.5, 0.6) is 0 Å². The van der Waals surface area contributed by atoms with E-state index in [4.69, 9.17) is 5.73 Å². The molecule has 3 nitrogen and oxygen atoms in total. The largest absolute Gasteiger partial charge is 0.369 e. The van der Waals surface area contributed by atoms with Crippen molar-refractivity contribution in [2.45, 2.75) is 59.9 Å². The van der Waals surface area contributed by atoms with Crippen molar-refractivity contribution in [3.63, 3.8) is 0 Å². The molecule has 0 unspecified atom stereocenters. The lowest BCUT2D eigenvalue weighted by Gasteiger charge is -2.26. The third-order valence-electron chi connectivity index (χ3n) is 3.98. The molecule has 0 saturated carbocycles. The van der Waals surface area contributed by atoms with Gasteiger partial charge in [0, 0.05) is 6.54 Å². The van der Waals surface area contributed by atoms with E-state index in [2.05, 4.69) is 55.4 Å². The van der Waals surface area contributed by atoms with Crippen LogP contribution < -0.4 is 5.73 Å². The molecule has 1 aromatic heterocycles. The molecule has 2 N–H and O–H groups in total. The highest BCUT2D eigenvalue weighted by Crippen LogP contribution is 2.29. The van der Waals surface area contributed by atoms with E-state index in [1.807, 2.05) is 0 Å². The minimum absolute atomic E-state index is 0.252. The summed E-state index contributed by atoms with van der Waals surface area (Å²) in [4.78, 5) is 4.50. The van der Waals surface area contributed by atoms with Gasteiger partial charge in [0.15, 0.2) is 0 Å². The number of aryl methyl sites for hydroxylation is 1. The van der Waals surface area contributed by atoms with Crippen LogP contribution in [-0.4, -0.2) is 9.55 Å². The first kappa shape index (κ1) is 14.9. The van der Waals surface area contributed by atoms with Crippen molar-refractivity contribution in [2.24, 2.45) is 5.41 Å². The van der Waals surface area contributed by atoms with Gasteiger partial charge in [0.1, 0.15) is 0 Å². The normalized spacial score (nSPS) is 12.2. The van der Waals surface area contributed by atoms with Crippen LogP contribution in [0.2, 0.25) is 0 Å². The third-order valence-corrected chi connectivity index (χ3v) is 3.98. The lowest BCUT2D eigenvalue weighted by atomic mass is 9.86. The first-order valence-corrected chi connectivity index (χ1v) is 7.65. The van der Waals surface area contributed by atoms with Crippen molar-refractivity contribution >= 4 is 17.0 Å². The fraction of sp³-hybridized carbons (Fsp3) is 0.588. The van der Waals surface area contributed by atoms with E-state index >= 15 is 0 Å². The number of benzene rings is 1. The SMILES string of the molecule is CCCCCC(C)(C)Cn1c(N)nc2cc(C)ccc21. The molecule has 0 bridgehead atoms. The molecule has 2 aromatic rings. The summed E-state index contributed by atoms with van der Waals surface area (Å²) in [7, 11) is 0. The Morgan fingerprint density at radius 1 is 1.25 bits per heavy atom. The Bertz CT molecular complexity index is 581. The molecular weight excluding hydrogens is 246 g/mol. The Morgan fingerprint density at radius 3 is 2.70 bits per heavy atom. The minimum atomic E-state index is 0.252. The highest BCUT2D eigenvalue weighted by Gasteiger charge is 2.21. The number of hydrogen-bond donors (Lipinski definition) is 1. The summed E-state index contributed by atoms with van der Waals surface area (Å²) >= 11 is 0. The molecule has 0 saturated heterocycles. The molecule has 0 atom stereocenters. The van der Waals surface area contributed by atoms with Crippen molar-refractivity contribution in [3.05, 3.63) is 23.8 Å². The second-order valence-electron chi connectivity index (χ2n) is 6.67. The van der Waals surface area contributed by atoms with Gasteiger partial charge in [-0.25, -0.2) is 4.98 Å². The Balaban J connectivity index is 2.22. The second-order valence-corrected chi connectivity index (χ2v) is 6.67. The van der Waals surface area contributed by atoms with Crippen molar-refractivity contribution in [2.75, 3.05) is 5.73 Å². The van der Waals surface area contributed by atoms with Crippen molar-refractivity contribution < 1.29 is 0 Å². The summed E-state index contributed by atoms with van der Waals surface area (Å²) in [6.45, 7) is 9.91. The summed E-state index contributed by atoms with van der Waals surface area (Å²) in [5.74, 6) is 0.633. The Labute approximate surface area is 122 Å². The average molecular weight is 273 g/mol. The topological polar surface area (TPSA) is 43.8 Å². The number of nitrogens with zero attached hydrogens (tertiary/aromatic N) is 2. The minimum Gasteiger partial charge on any atom is -0.369 e. The molecule has 0 radical (unpaired) electrons. The van der Waals surface area contributed by atoms with Gasteiger partial charge in [-0.15, -0.1) is 0 Å². The zero-order valence-electron chi connectivity index (χ0n) is 13.2. The summed E-state index contributed by atoms with van der Waals surface area (Å²) in [6, 6.07) is 6.37. The van der Waals surface area contributed by atoms with E-state index in [-0.39, 0.29) is 5.41 Å². The highest BCUT2D eigenvalue weighted by molar-refractivity contribution is 5.79. The van der Waals surface area contributed by atoms with Gasteiger partial charge in [0.05, 0.1) is 11.0 Å². The predicted octanol–water partition coefficient (Wildman–Crippen LogP) is 4.53. The van der Waals surface area contributed by atoms with Crippen molar-refractivity contribution in [1.82, 2.24) is 9.55 Å². The van der Waals surface area contributed by atoms with E-state index in [1.165, 1.54) is 31.2 Å². The quantitative estimate of drug-likeness (QED) is 0.786. The molecule has 1 heterocycles. The molecule has 0 amide bonds. The number of fused-ring (bicyclic) bond motifs is 1. The Kier molecular flexibility index (Phi) is 4.36. The number of anilines is 1. The van der Waals surface area contributed by atoms with E-state index < -0.39 is 0 Å². The van der Waals surface area contributed by atoms with Gasteiger partial charge in [-0.2, -0.15) is 0 Å². The van der Waals surface area contributed by atoms with Crippen LogP contribution in [0.4, 0.5) is 5.95 Å². The standard InChI is InChI=1S/C17H27N3/c1-5-6-7-10-17(3,4)12-20-15-9-8-13(2)11-14(15)19-16(20)18/h8-9,11H,5-7,10,12H2,1-4H3,(H2,18,19). The fourth-order valence-corrected chi connectivity index (χ4v) is 2.79. The van der Waals surface area contributed by atoms with Crippen LogP contribution in [0.15, 0.2) is 18.2 Å². The smallest absolute Gasteiger partial charge is 0.201 e. The first-order valence-electron chi connectivity index (χ1n) is 7.65. The van der Waals surface area contributed by atoms with Crippen LogP contribution in [0.1, 0.15) is 52.0 Å². The van der Waals surface area contributed by atoms with Gasteiger partial charge < -0.3 is 10.3 Å². The molecule has 0 aliphatic heterocycles. The number of aromatic nitrogens is 2. The highest BCUT2D eigenvalue weighted by atomic mass is 15.2. The molecule has 1 aromatic carbocycles. The average Bonchev–Trinajstić information content (AvgIpc) is 2.65. The maximum atomic E-state index is 6.12.